The molecule has 2 aromatic rings. The molecule has 9 nitrogen and oxygen atoms in total. The Hall–Kier alpha value is -2.52. The van der Waals surface area contributed by atoms with Crippen LogP contribution >= 0.6 is 0 Å². The molecule has 9 heteroatoms. The van der Waals surface area contributed by atoms with E-state index in [1.807, 2.05) is 6.07 Å². The van der Waals surface area contributed by atoms with E-state index in [9.17, 15) is 4.79 Å². The summed E-state index contributed by atoms with van der Waals surface area (Å²) in [6.45, 7) is 9.52. The first kappa shape index (κ1) is 19.8. The maximum Gasteiger partial charge on any atom is 0.255 e. The van der Waals surface area contributed by atoms with E-state index in [2.05, 4.69) is 49.1 Å². The molecule has 0 radical (unpaired) electrons. The molecule has 0 aliphatic carbocycles. The number of morpholine rings is 1. The number of carbonyl (C=O) groups is 1. The van der Waals surface area contributed by atoms with Crippen molar-refractivity contribution in [1.29, 1.82) is 0 Å². The first-order valence-electron chi connectivity index (χ1n) is 10.4. The fourth-order valence-electron chi connectivity index (χ4n) is 3.87. The summed E-state index contributed by atoms with van der Waals surface area (Å²) in [5.41, 5.74) is 0.581. The number of hydrogen-bond donors (Lipinski definition) is 2. The van der Waals surface area contributed by atoms with Crippen molar-refractivity contribution in [1.82, 2.24) is 30.4 Å². The lowest BCUT2D eigenvalue weighted by atomic mass is 10.0. The van der Waals surface area contributed by atoms with Gasteiger partial charge in [0.25, 0.3) is 5.91 Å². The predicted octanol–water partition coefficient (Wildman–Crippen LogP) is 0.783. The average molecular weight is 399 g/mol. The fraction of sp³-hybridized carbons (Fsp3) is 0.600. The molecular weight excluding hydrogens is 370 g/mol. The van der Waals surface area contributed by atoms with Crippen molar-refractivity contribution < 1.29 is 9.53 Å². The van der Waals surface area contributed by atoms with Crippen molar-refractivity contribution in [2.24, 2.45) is 5.92 Å². The largest absolute Gasteiger partial charge is 0.378 e. The van der Waals surface area contributed by atoms with Crippen molar-refractivity contribution in [2.75, 3.05) is 44.3 Å². The number of fused-ring (bicyclic) bond motifs is 1. The second kappa shape index (κ2) is 8.87. The Labute approximate surface area is 170 Å². The van der Waals surface area contributed by atoms with Crippen LogP contribution in [0.25, 0.3) is 0 Å². The van der Waals surface area contributed by atoms with E-state index in [0.29, 0.717) is 24.6 Å². The van der Waals surface area contributed by atoms with E-state index in [1.54, 1.807) is 12.3 Å². The third-order valence-corrected chi connectivity index (χ3v) is 5.47. The van der Waals surface area contributed by atoms with Crippen LogP contribution in [0, 0.1) is 5.92 Å². The normalized spacial score (nSPS) is 18.2. The van der Waals surface area contributed by atoms with Gasteiger partial charge in [-0.05, 0) is 18.1 Å². The van der Waals surface area contributed by atoms with Crippen LogP contribution < -0.4 is 15.5 Å². The molecule has 1 atom stereocenters. The minimum Gasteiger partial charge on any atom is -0.378 e. The molecule has 4 rings (SSSR count). The molecule has 29 heavy (non-hydrogen) atoms. The minimum absolute atomic E-state index is 0.137. The molecule has 0 aromatic carbocycles. The zero-order chi connectivity index (χ0) is 20.2. The molecule has 0 saturated carbocycles. The van der Waals surface area contributed by atoms with Crippen molar-refractivity contribution in [3.05, 3.63) is 35.5 Å². The highest BCUT2D eigenvalue weighted by molar-refractivity contribution is 5.99. The fourth-order valence-corrected chi connectivity index (χ4v) is 3.87. The zero-order valence-electron chi connectivity index (χ0n) is 17.1. The van der Waals surface area contributed by atoms with Gasteiger partial charge >= 0.3 is 0 Å². The summed E-state index contributed by atoms with van der Waals surface area (Å²) in [7, 11) is 0. The Morgan fingerprint density at radius 2 is 2.03 bits per heavy atom. The van der Waals surface area contributed by atoms with Gasteiger partial charge < -0.3 is 24.8 Å². The van der Waals surface area contributed by atoms with Crippen molar-refractivity contribution in [2.45, 2.75) is 32.9 Å². The quantitative estimate of drug-likeness (QED) is 0.767. The summed E-state index contributed by atoms with van der Waals surface area (Å²) >= 11 is 0. The first-order valence-corrected chi connectivity index (χ1v) is 10.4. The minimum atomic E-state index is -0.223. The van der Waals surface area contributed by atoms with Gasteiger partial charge in [-0.2, -0.15) is 0 Å². The second-order valence-corrected chi connectivity index (χ2v) is 7.80. The summed E-state index contributed by atoms with van der Waals surface area (Å²) < 4.78 is 7.59. The smallest absolute Gasteiger partial charge is 0.255 e. The van der Waals surface area contributed by atoms with E-state index in [-0.39, 0.29) is 17.9 Å². The third kappa shape index (κ3) is 4.25. The predicted molar refractivity (Wildman–Crippen MR) is 109 cm³/mol. The van der Waals surface area contributed by atoms with Crippen LogP contribution in [0.5, 0.6) is 0 Å². The summed E-state index contributed by atoms with van der Waals surface area (Å²) in [6.07, 6.45) is 2.57. The molecular formula is C20H29N7O2. The van der Waals surface area contributed by atoms with Crippen molar-refractivity contribution in [3.63, 3.8) is 0 Å². The van der Waals surface area contributed by atoms with Crippen LogP contribution in [-0.2, 0) is 17.7 Å². The lowest BCUT2D eigenvalue weighted by Gasteiger charge is -2.29. The van der Waals surface area contributed by atoms with Gasteiger partial charge in [-0.3, -0.25) is 4.79 Å². The van der Waals surface area contributed by atoms with Gasteiger partial charge in [0.1, 0.15) is 11.6 Å². The highest BCUT2D eigenvalue weighted by Crippen LogP contribution is 2.24. The molecule has 0 unspecified atom stereocenters. The maximum atomic E-state index is 13.3. The maximum absolute atomic E-state index is 13.3. The second-order valence-electron chi connectivity index (χ2n) is 7.80. The standard InChI is InChI=1S/C20H29N7O2/c1-14(2)17(19-25-24-16-5-7-21-8-9-27(16)19)23-20(28)15-4-3-6-22-18(15)26-10-12-29-13-11-26/h3-4,6,14,17,21H,5,7-13H2,1-2H3,(H,23,28)/t17-/m1/s1. The monoisotopic (exact) mass is 399 g/mol. The summed E-state index contributed by atoms with van der Waals surface area (Å²) in [5.74, 6) is 2.54. The molecule has 1 fully saturated rings. The van der Waals surface area contributed by atoms with Gasteiger partial charge in [0, 0.05) is 45.3 Å². The molecule has 0 bridgehead atoms. The number of nitrogens with one attached hydrogen (secondary N) is 2. The third-order valence-electron chi connectivity index (χ3n) is 5.47. The molecule has 4 heterocycles. The Balaban J connectivity index is 1.59. The van der Waals surface area contributed by atoms with Crippen LogP contribution in [0.15, 0.2) is 18.3 Å². The summed E-state index contributed by atoms with van der Waals surface area (Å²) in [4.78, 5) is 19.9. The summed E-state index contributed by atoms with van der Waals surface area (Å²) in [6, 6.07) is 3.41. The van der Waals surface area contributed by atoms with E-state index >= 15 is 0 Å². The Morgan fingerprint density at radius 1 is 1.21 bits per heavy atom. The van der Waals surface area contributed by atoms with Gasteiger partial charge in [-0.25, -0.2) is 4.98 Å². The van der Waals surface area contributed by atoms with Crippen LogP contribution in [0.1, 0.15) is 41.9 Å². The van der Waals surface area contributed by atoms with Gasteiger partial charge in [-0.1, -0.05) is 13.8 Å². The number of carbonyl (C=O) groups excluding carboxylic acids is 1. The van der Waals surface area contributed by atoms with Crippen molar-refractivity contribution in [3.8, 4) is 0 Å². The van der Waals surface area contributed by atoms with Crippen LogP contribution in [0.4, 0.5) is 5.82 Å². The van der Waals surface area contributed by atoms with Gasteiger partial charge in [0.05, 0.1) is 24.8 Å². The highest BCUT2D eigenvalue weighted by Gasteiger charge is 2.28. The number of anilines is 1. The average Bonchev–Trinajstić information content (AvgIpc) is 2.99. The summed E-state index contributed by atoms with van der Waals surface area (Å²) in [5, 5.41) is 15.4. The number of pyridine rings is 1. The van der Waals surface area contributed by atoms with E-state index in [0.717, 1.165) is 50.8 Å². The Kier molecular flexibility index (Phi) is 6.05. The lowest BCUT2D eigenvalue weighted by molar-refractivity contribution is 0.0920. The molecule has 0 spiro atoms. The number of amides is 1. The molecule has 2 aliphatic rings. The lowest BCUT2D eigenvalue weighted by Crippen LogP contribution is -2.39. The van der Waals surface area contributed by atoms with E-state index < -0.39 is 0 Å². The van der Waals surface area contributed by atoms with E-state index in [1.165, 1.54) is 0 Å². The topological polar surface area (TPSA) is 97.2 Å². The number of ether oxygens (including phenoxy) is 1. The molecule has 1 saturated heterocycles. The van der Waals surface area contributed by atoms with Crippen LogP contribution in [0.3, 0.4) is 0 Å². The van der Waals surface area contributed by atoms with Gasteiger partial charge in [0.2, 0.25) is 0 Å². The van der Waals surface area contributed by atoms with Gasteiger partial charge in [0.15, 0.2) is 5.82 Å². The zero-order valence-corrected chi connectivity index (χ0v) is 17.1. The van der Waals surface area contributed by atoms with Gasteiger partial charge in [-0.15, -0.1) is 10.2 Å². The first-order chi connectivity index (χ1) is 14.1. The van der Waals surface area contributed by atoms with E-state index in [4.69, 9.17) is 4.74 Å². The van der Waals surface area contributed by atoms with Crippen molar-refractivity contribution >= 4 is 11.7 Å². The number of nitrogens with zero attached hydrogens (tertiary/aromatic N) is 5. The van der Waals surface area contributed by atoms with Crippen LogP contribution in [-0.4, -0.2) is 65.0 Å². The molecule has 156 valence electrons. The number of hydrogen-bond acceptors (Lipinski definition) is 7. The molecule has 1 amide bonds. The molecule has 2 N–H and O–H groups in total. The number of rotatable bonds is 5. The highest BCUT2D eigenvalue weighted by atomic mass is 16.5. The molecule has 2 aromatic heterocycles. The Bertz CT molecular complexity index is 845. The Morgan fingerprint density at radius 3 is 2.83 bits per heavy atom. The van der Waals surface area contributed by atoms with Crippen LogP contribution in [0.2, 0.25) is 0 Å². The number of aromatic nitrogens is 4. The molecule has 2 aliphatic heterocycles. The SMILES string of the molecule is CC(C)[C@@H](NC(=O)c1cccnc1N1CCOCC1)c1nnc2n1CCNCC2.